The first-order valence-corrected chi connectivity index (χ1v) is 11.4. The number of amides is 1. The summed E-state index contributed by atoms with van der Waals surface area (Å²) in [5.74, 6) is 0.605. The zero-order valence-corrected chi connectivity index (χ0v) is 17.6. The Hall–Kier alpha value is -2.68. The third-order valence-electron chi connectivity index (χ3n) is 5.21. The van der Waals surface area contributed by atoms with Crippen LogP contribution in [0.25, 0.3) is 10.8 Å². The lowest BCUT2D eigenvalue weighted by Gasteiger charge is -2.33. The molecule has 0 atom stereocenters. The van der Waals surface area contributed by atoms with Crippen LogP contribution in [0.15, 0.2) is 63.9 Å². The molecule has 7 nitrogen and oxygen atoms in total. The largest absolute Gasteiger partial charge is 0.453 e. The van der Waals surface area contributed by atoms with Crippen molar-refractivity contribution in [2.24, 2.45) is 0 Å². The molecule has 1 aliphatic heterocycles. The second-order valence-corrected chi connectivity index (χ2v) is 9.05. The van der Waals surface area contributed by atoms with Crippen LogP contribution in [0.5, 0.6) is 0 Å². The highest BCUT2D eigenvalue weighted by molar-refractivity contribution is 7.89. The molecule has 0 spiro atoms. The van der Waals surface area contributed by atoms with E-state index in [0.717, 1.165) is 10.8 Å². The number of benzene rings is 2. The normalized spacial score (nSPS) is 15.6. The molecular formula is C22H24N2O5S. The number of rotatable bonds is 6. The quantitative estimate of drug-likeness (QED) is 0.603. The molecule has 0 unspecified atom stereocenters. The van der Waals surface area contributed by atoms with Gasteiger partial charge in [-0.15, -0.1) is 0 Å². The van der Waals surface area contributed by atoms with E-state index in [2.05, 4.69) is 0 Å². The number of carbonyl (C=O) groups excluding carboxylic acids is 1. The SMILES string of the molecule is CCOCc1ccc(C(=O)N2CCN(S(=O)(=O)c3ccc4ccccc4c3)CC2)o1. The molecule has 0 bridgehead atoms. The lowest BCUT2D eigenvalue weighted by Crippen LogP contribution is -2.50. The van der Waals surface area contributed by atoms with Crippen LogP contribution in [-0.4, -0.2) is 56.3 Å². The van der Waals surface area contributed by atoms with Crippen molar-refractivity contribution in [1.29, 1.82) is 0 Å². The van der Waals surface area contributed by atoms with Crippen molar-refractivity contribution in [2.75, 3.05) is 32.8 Å². The molecule has 0 radical (unpaired) electrons. The predicted molar refractivity (Wildman–Crippen MR) is 113 cm³/mol. The summed E-state index contributed by atoms with van der Waals surface area (Å²) in [7, 11) is -3.62. The summed E-state index contributed by atoms with van der Waals surface area (Å²) >= 11 is 0. The van der Waals surface area contributed by atoms with Gasteiger partial charge in [-0.1, -0.05) is 30.3 Å². The molecule has 8 heteroatoms. The molecule has 30 heavy (non-hydrogen) atoms. The molecule has 1 saturated heterocycles. The van der Waals surface area contributed by atoms with E-state index in [9.17, 15) is 13.2 Å². The Morgan fingerprint density at radius 3 is 2.47 bits per heavy atom. The Labute approximate surface area is 175 Å². The molecular weight excluding hydrogens is 404 g/mol. The van der Waals surface area contributed by atoms with Crippen molar-refractivity contribution < 1.29 is 22.4 Å². The van der Waals surface area contributed by atoms with Gasteiger partial charge in [-0.05, 0) is 42.0 Å². The van der Waals surface area contributed by atoms with Crippen LogP contribution < -0.4 is 0 Å². The van der Waals surface area contributed by atoms with Crippen molar-refractivity contribution in [1.82, 2.24) is 9.21 Å². The van der Waals surface area contributed by atoms with E-state index in [4.69, 9.17) is 9.15 Å². The predicted octanol–water partition coefficient (Wildman–Crippen LogP) is 3.12. The van der Waals surface area contributed by atoms with Gasteiger partial charge >= 0.3 is 0 Å². The number of fused-ring (bicyclic) bond motifs is 1. The molecule has 158 valence electrons. The van der Waals surface area contributed by atoms with Crippen molar-refractivity contribution in [2.45, 2.75) is 18.4 Å². The Balaban J connectivity index is 1.42. The van der Waals surface area contributed by atoms with Gasteiger partial charge in [0.25, 0.3) is 5.91 Å². The fourth-order valence-electron chi connectivity index (χ4n) is 3.54. The van der Waals surface area contributed by atoms with Crippen LogP contribution in [0, 0.1) is 0 Å². The molecule has 0 N–H and O–H groups in total. The molecule has 1 aromatic heterocycles. The van der Waals surface area contributed by atoms with Crippen LogP contribution in [0.4, 0.5) is 0 Å². The number of hydrogen-bond donors (Lipinski definition) is 0. The van der Waals surface area contributed by atoms with Crippen molar-refractivity contribution >= 4 is 26.7 Å². The van der Waals surface area contributed by atoms with Crippen LogP contribution in [0.1, 0.15) is 23.2 Å². The van der Waals surface area contributed by atoms with Gasteiger partial charge < -0.3 is 14.1 Å². The van der Waals surface area contributed by atoms with E-state index in [1.807, 2.05) is 37.3 Å². The van der Waals surface area contributed by atoms with Crippen LogP contribution in [-0.2, 0) is 21.4 Å². The number of carbonyl (C=O) groups is 1. The van der Waals surface area contributed by atoms with Crippen LogP contribution in [0.3, 0.4) is 0 Å². The fourth-order valence-corrected chi connectivity index (χ4v) is 5.00. The van der Waals surface area contributed by atoms with E-state index < -0.39 is 10.0 Å². The van der Waals surface area contributed by atoms with Crippen molar-refractivity contribution in [3.63, 3.8) is 0 Å². The molecule has 3 aromatic rings. The minimum absolute atomic E-state index is 0.236. The number of piperazine rings is 1. The van der Waals surface area contributed by atoms with E-state index >= 15 is 0 Å². The van der Waals surface area contributed by atoms with Gasteiger partial charge in [0.1, 0.15) is 12.4 Å². The first-order valence-electron chi connectivity index (χ1n) is 9.94. The lowest BCUT2D eigenvalue weighted by molar-refractivity contribution is 0.0654. The van der Waals surface area contributed by atoms with Gasteiger partial charge in [0, 0.05) is 32.8 Å². The molecule has 0 saturated carbocycles. The minimum Gasteiger partial charge on any atom is -0.453 e. The van der Waals surface area contributed by atoms with Crippen LogP contribution >= 0.6 is 0 Å². The maximum absolute atomic E-state index is 13.1. The second kappa shape index (κ2) is 8.59. The van der Waals surface area contributed by atoms with E-state index in [1.54, 1.807) is 29.2 Å². The van der Waals surface area contributed by atoms with E-state index in [-0.39, 0.29) is 29.7 Å². The summed E-state index contributed by atoms with van der Waals surface area (Å²) < 4.78 is 38.4. The Bertz CT molecular complexity index is 1150. The Morgan fingerprint density at radius 2 is 1.73 bits per heavy atom. The second-order valence-electron chi connectivity index (χ2n) is 7.11. The topological polar surface area (TPSA) is 80.1 Å². The highest BCUT2D eigenvalue weighted by Crippen LogP contribution is 2.23. The lowest BCUT2D eigenvalue weighted by atomic mass is 10.1. The maximum atomic E-state index is 13.1. The highest BCUT2D eigenvalue weighted by Gasteiger charge is 2.31. The Kier molecular flexibility index (Phi) is 5.90. The number of nitrogens with zero attached hydrogens (tertiary/aromatic N) is 2. The molecule has 2 heterocycles. The number of sulfonamides is 1. The van der Waals surface area contributed by atoms with Gasteiger partial charge in [0.2, 0.25) is 10.0 Å². The van der Waals surface area contributed by atoms with Gasteiger partial charge in [-0.25, -0.2) is 8.42 Å². The monoisotopic (exact) mass is 428 g/mol. The first-order chi connectivity index (χ1) is 14.5. The molecule has 1 aliphatic rings. The zero-order valence-electron chi connectivity index (χ0n) is 16.8. The summed E-state index contributed by atoms with van der Waals surface area (Å²) in [6.07, 6.45) is 0. The van der Waals surface area contributed by atoms with E-state index in [1.165, 1.54) is 4.31 Å². The van der Waals surface area contributed by atoms with E-state index in [0.29, 0.717) is 32.1 Å². The summed E-state index contributed by atoms with van der Waals surface area (Å²) in [5.41, 5.74) is 0. The third-order valence-corrected chi connectivity index (χ3v) is 7.10. The average molecular weight is 429 g/mol. The molecule has 2 aromatic carbocycles. The smallest absolute Gasteiger partial charge is 0.289 e. The summed E-state index contributed by atoms with van der Waals surface area (Å²) in [5, 5.41) is 1.88. The standard InChI is InChI=1S/C22H24N2O5S/c1-2-28-16-19-8-10-21(29-19)22(25)23-11-13-24(14-12-23)30(26,27)20-9-7-17-5-3-4-6-18(17)15-20/h3-10,15H,2,11-14,16H2,1H3. The molecule has 0 aliphatic carbocycles. The van der Waals surface area contributed by atoms with Crippen molar-refractivity contribution in [3.05, 3.63) is 66.1 Å². The van der Waals surface area contributed by atoms with Crippen molar-refractivity contribution in [3.8, 4) is 0 Å². The maximum Gasteiger partial charge on any atom is 0.289 e. The number of furan rings is 1. The minimum atomic E-state index is -3.62. The van der Waals surface area contributed by atoms with Gasteiger partial charge in [0.15, 0.2) is 5.76 Å². The fraction of sp³-hybridized carbons (Fsp3) is 0.318. The Morgan fingerprint density at radius 1 is 1.00 bits per heavy atom. The van der Waals surface area contributed by atoms with Gasteiger partial charge in [0.05, 0.1) is 4.90 Å². The zero-order chi connectivity index (χ0) is 21.1. The summed E-state index contributed by atoms with van der Waals surface area (Å²) in [4.78, 5) is 14.6. The number of hydrogen-bond acceptors (Lipinski definition) is 5. The number of ether oxygens (including phenoxy) is 1. The molecule has 4 rings (SSSR count). The average Bonchev–Trinajstić information content (AvgIpc) is 3.26. The molecule has 1 amide bonds. The highest BCUT2D eigenvalue weighted by atomic mass is 32.2. The van der Waals surface area contributed by atoms with Crippen LogP contribution in [0.2, 0.25) is 0 Å². The molecule has 1 fully saturated rings. The summed E-state index contributed by atoms with van der Waals surface area (Å²) in [6, 6.07) is 16.2. The third kappa shape index (κ3) is 4.12. The van der Waals surface area contributed by atoms with Gasteiger partial charge in [-0.3, -0.25) is 4.79 Å². The first kappa shape index (κ1) is 20.6. The summed E-state index contributed by atoms with van der Waals surface area (Å²) in [6.45, 7) is 3.89. The van der Waals surface area contributed by atoms with Gasteiger partial charge in [-0.2, -0.15) is 4.31 Å².